The van der Waals surface area contributed by atoms with Crippen LogP contribution in [0.1, 0.15) is 11.3 Å². The van der Waals surface area contributed by atoms with Crippen molar-refractivity contribution >= 4 is 23.1 Å². The molecule has 3 aromatic rings. The van der Waals surface area contributed by atoms with E-state index in [4.69, 9.17) is 14.5 Å². The molecule has 0 saturated heterocycles. The minimum atomic E-state index is 0.720. The first-order chi connectivity index (χ1) is 13.1. The second-order valence-electron chi connectivity index (χ2n) is 6.23. The number of hydrogen-bond acceptors (Lipinski definition) is 6. The molecule has 4 nitrogen and oxygen atoms in total. The maximum atomic E-state index is 5.39. The van der Waals surface area contributed by atoms with E-state index in [1.807, 2.05) is 18.2 Å². The van der Waals surface area contributed by atoms with Gasteiger partial charge < -0.3 is 9.47 Å². The second-order valence-corrected chi connectivity index (χ2v) is 7.97. The third-order valence-electron chi connectivity index (χ3n) is 4.23. The molecule has 0 saturated carbocycles. The van der Waals surface area contributed by atoms with Crippen LogP contribution in [0, 0.1) is 0 Å². The van der Waals surface area contributed by atoms with Crippen LogP contribution in [0.2, 0.25) is 0 Å². The number of benzene rings is 2. The maximum absolute atomic E-state index is 5.39. The largest absolute Gasteiger partial charge is 0.493 e. The van der Waals surface area contributed by atoms with Gasteiger partial charge in [-0.2, -0.15) is 0 Å². The van der Waals surface area contributed by atoms with Crippen molar-refractivity contribution in [1.82, 2.24) is 9.88 Å². The molecule has 0 bridgehead atoms. The van der Waals surface area contributed by atoms with Crippen molar-refractivity contribution in [3.05, 3.63) is 59.1 Å². The maximum Gasteiger partial charge on any atom is 0.161 e. The minimum Gasteiger partial charge on any atom is -0.493 e. The van der Waals surface area contributed by atoms with Gasteiger partial charge >= 0.3 is 0 Å². The number of rotatable bonds is 8. The van der Waals surface area contributed by atoms with E-state index in [-0.39, 0.29) is 0 Å². The molecular formula is C21H24N2O2S2. The van der Waals surface area contributed by atoms with E-state index in [9.17, 15) is 0 Å². The first-order valence-electron chi connectivity index (χ1n) is 8.61. The molecule has 0 aliphatic rings. The van der Waals surface area contributed by atoms with Crippen molar-refractivity contribution in [3.8, 4) is 22.1 Å². The number of aromatic nitrogens is 1. The van der Waals surface area contributed by atoms with E-state index in [1.165, 1.54) is 10.5 Å². The number of methoxy groups -OCH3 is 2. The average Bonchev–Trinajstić information content (AvgIpc) is 3.16. The van der Waals surface area contributed by atoms with E-state index in [1.54, 1.807) is 37.3 Å². The lowest BCUT2D eigenvalue weighted by molar-refractivity contribution is 0.316. The quantitative estimate of drug-likeness (QED) is 0.487. The number of ether oxygens (including phenoxy) is 2. The second kappa shape index (κ2) is 9.26. The molecule has 0 fully saturated rings. The lowest BCUT2D eigenvalue weighted by Crippen LogP contribution is -2.17. The summed E-state index contributed by atoms with van der Waals surface area (Å²) in [6.45, 7) is 1.71. The van der Waals surface area contributed by atoms with Crippen LogP contribution < -0.4 is 9.47 Å². The van der Waals surface area contributed by atoms with Gasteiger partial charge in [0, 0.05) is 28.9 Å². The zero-order chi connectivity index (χ0) is 19.2. The first kappa shape index (κ1) is 19.7. The lowest BCUT2D eigenvalue weighted by atomic mass is 10.2. The Bertz CT molecular complexity index is 878. The van der Waals surface area contributed by atoms with E-state index in [0.29, 0.717) is 0 Å². The van der Waals surface area contributed by atoms with Crippen molar-refractivity contribution < 1.29 is 9.47 Å². The Kier molecular flexibility index (Phi) is 6.77. The molecule has 2 aromatic carbocycles. The molecule has 142 valence electrons. The summed E-state index contributed by atoms with van der Waals surface area (Å²) in [4.78, 5) is 8.37. The monoisotopic (exact) mass is 400 g/mol. The number of nitrogens with zero attached hydrogens (tertiary/aromatic N) is 2. The van der Waals surface area contributed by atoms with Crippen LogP contribution in [0.4, 0.5) is 0 Å². The highest BCUT2D eigenvalue weighted by atomic mass is 32.2. The zero-order valence-corrected chi connectivity index (χ0v) is 17.7. The molecule has 6 heteroatoms. The van der Waals surface area contributed by atoms with Crippen molar-refractivity contribution in [2.45, 2.75) is 18.0 Å². The Morgan fingerprint density at radius 1 is 1.00 bits per heavy atom. The molecule has 0 atom stereocenters. The van der Waals surface area contributed by atoms with Gasteiger partial charge in [-0.1, -0.05) is 12.1 Å². The van der Waals surface area contributed by atoms with Gasteiger partial charge in [0.05, 0.1) is 19.9 Å². The van der Waals surface area contributed by atoms with Gasteiger partial charge in [0.15, 0.2) is 11.5 Å². The molecule has 1 aromatic heterocycles. The van der Waals surface area contributed by atoms with Gasteiger partial charge in [-0.25, -0.2) is 4.98 Å². The van der Waals surface area contributed by atoms with Crippen LogP contribution >= 0.6 is 23.1 Å². The fourth-order valence-corrected chi connectivity index (χ4v) is 4.07. The van der Waals surface area contributed by atoms with Crippen LogP contribution in [0.15, 0.2) is 52.7 Å². The van der Waals surface area contributed by atoms with Crippen molar-refractivity contribution in [2.24, 2.45) is 0 Å². The predicted octanol–water partition coefficient (Wildman–Crippen LogP) is 5.18. The van der Waals surface area contributed by atoms with E-state index in [2.05, 4.69) is 47.8 Å². The van der Waals surface area contributed by atoms with Gasteiger partial charge in [0.2, 0.25) is 0 Å². The highest BCUT2D eigenvalue weighted by molar-refractivity contribution is 7.98. The summed E-state index contributed by atoms with van der Waals surface area (Å²) in [5.74, 6) is 1.45. The average molecular weight is 401 g/mol. The molecule has 0 N–H and O–H groups in total. The third-order valence-corrected chi connectivity index (χ3v) is 5.91. The molecule has 27 heavy (non-hydrogen) atoms. The van der Waals surface area contributed by atoms with Crippen molar-refractivity contribution in [3.63, 3.8) is 0 Å². The Hall–Kier alpha value is -2.02. The van der Waals surface area contributed by atoms with Gasteiger partial charge in [-0.05, 0) is 49.2 Å². The normalized spacial score (nSPS) is 11.0. The third kappa shape index (κ3) is 5.03. The van der Waals surface area contributed by atoms with Crippen molar-refractivity contribution in [1.29, 1.82) is 0 Å². The van der Waals surface area contributed by atoms with Crippen LogP contribution in [0.5, 0.6) is 11.5 Å². The SMILES string of the molecule is COc1ccc(-c2nc(CN(C)Cc3ccc(SC)cc3)cs2)cc1OC. The number of hydrogen-bond donors (Lipinski definition) is 0. The zero-order valence-electron chi connectivity index (χ0n) is 16.1. The van der Waals surface area contributed by atoms with Crippen LogP contribution in [0.3, 0.4) is 0 Å². The topological polar surface area (TPSA) is 34.6 Å². The van der Waals surface area contributed by atoms with Gasteiger partial charge in [-0.3, -0.25) is 4.90 Å². The predicted molar refractivity (Wildman–Crippen MR) is 114 cm³/mol. The molecular weight excluding hydrogens is 376 g/mol. The molecule has 1 heterocycles. The summed E-state index contributed by atoms with van der Waals surface area (Å²) in [6, 6.07) is 14.6. The Labute approximate surface area is 169 Å². The van der Waals surface area contributed by atoms with E-state index in [0.717, 1.165) is 40.9 Å². The van der Waals surface area contributed by atoms with Gasteiger partial charge in [0.25, 0.3) is 0 Å². The van der Waals surface area contributed by atoms with Crippen LogP contribution in [0.25, 0.3) is 10.6 Å². The highest BCUT2D eigenvalue weighted by Gasteiger charge is 2.11. The fourth-order valence-electron chi connectivity index (χ4n) is 2.86. The summed E-state index contributed by atoms with van der Waals surface area (Å²) >= 11 is 3.42. The summed E-state index contributed by atoms with van der Waals surface area (Å²) in [5.41, 5.74) is 3.43. The Balaban J connectivity index is 1.66. The smallest absolute Gasteiger partial charge is 0.161 e. The molecule has 0 amide bonds. The van der Waals surface area contributed by atoms with E-state index < -0.39 is 0 Å². The summed E-state index contributed by atoms with van der Waals surface area (Å²) in [6.07, 6.45) is 2.10. The number of thioether (sulfide) groups is 1. The molecule has 0 radical (unpaired) electrons. The standard InChI is InChI=1S/C21H24N2O2S2/c1-23(12-15-5-8-18(26-4)9-6-15)13-17-14-27-21(22-17)16-7-10-19(24-2)20(11-16)25-3/h5-11,14H,12-13H2,1-4H3. The number of thiazole rings is 1. The summed E-state index contributed by atoms with van der Waals surface area (Å²) in [5, 5.41) is 3.11. The van der Waals surface area contributed by atoms with Crippen molar-refractivity contribution in [2.75, 3.05) is 27.5 Å². The first-order valence-corrected chi connectivity index (χ1v) is 10.7. The minimum absolute atomic E-state index is 0.720. The highest BCUT2D eigenvalue weighted by Crippen LogP contribution is 2.33. The van der Waals surface area contributed by atoms with Gasteiger partial charge in [-0.15, -0.1) is 23.1 Å². The molecule has 0 spiro atoms. The molecule has 0 aliphatic heterocycles. The van der Waals surface area contributed by atoms with Crippen LogP contribution in [-0.4, -0.2) is 37.4 Å². The summed E-state index contributed by atoms with van der Waals surface area (Å²) in [7, 11) is 5.41. The Morgan fingerprint density at radius 3 is 2.41 bits per heavy atom. The fraction of sp³-hybridized carbons (Fsp3) is 0.286. The lowest BCUT2D eigenvalue weighted by Gasteiger charge is -2.15. The summed E-state index contributed by atoms with van der Waals surface area (Å²) < 4.78 is 10.7. The van der Waals surface area contributed by atoms with Crippen LogP contribution in [-0.2, 0) is 13.1 Å². The molecule has 0 aliphatic carbocycles. The van der Waals surface area contributed by atoms with Gasteiger partial charge in [0.1, 0.15) is 5.01 Å². The van der Waals surface area contributed by atoms with E-state index >= 15 is 0 Å². The molecule has 3 rings (SSSR count). The Morgan fingerprint density at radius 2 is 1.74 bits per heavy atom. The molecule has 0 unspecified atom stereocenters.